The van der Waals surface area contributed by atoms with Gasteiger partial charge in [-0.3, -0.25) is 0 Å². The van der Waals surface area contributed by atoms with E-state index in [1.807, 2.05) is 23.1 Å². The number of allylic oxidation sites excluding steroid dienone is 1. The Labute approximate surface area is 163 Å². The molecule has 0 saturated heterocycles. The van der Waals surface area contributed by atoms with Gasteiger partial charge in [0.25, 0.3) is 0 Å². The number of aryl methyl sites for hydroxylation is 1. The molecule has 2 heteroatoms. The first-order valence-corrected chi connectivity index (χ1v) is 9.75. The van der Waals surface area contributed by atoms with Crippen LogP contribution in [0.3, 0.4) is 0 Å². The number of rotatable bonds is 5. The number of hydrogen-bond donors (Lipinski definition) is 0. The summed E-state index contributed by atoms with van der Waals surface area (Å²) in [5.41, 5.74) is 8.52. The molecule has 0 fully saturated rings. The summed E-state index contributed by atoms with van der Waals surface area (Å²) < 4.78 is 2.00. The summed E-state index contributed by atoms with van der Waals surface area (Å²) in [4.78, 5) is 0. The van der Waals surface area contributed by atoms with E-state index in [1.165, 1.54) is 27.8 Å². The summed E-state index contributed by atoms with van der Waals surface area (Å²) in [7, 11) is 0. The van der Waals surface area contributed by atoms with E-state index in [0.717, 1.165) is 24.1 Å². The first-order chi connectivity index (χ1) is 12.8. The van der Waals surface area contributed by atoms with Crippen molar-refractivity contribution in [3.63, 3.8) is 0 Å². The topological polar surface area (TPSA) is 17.8 Å². The van der Waals surface area contributed by atoms with Crippen LogP contribution in [-0.2, 0) is 11.8 Å². The van der Waals surface area contributed by atoms with Crippen LogP contribution in [0.4, 0.5) is 0 Å². The van der Waals surface area contributed by atoms with E-state index in [9.17, 15) is 0 Å². The van der Waals surface area contributed by atoms with Gasteiger partial charge in [0.05, 0.1) is 5.69 Å². The Morgan fingerprint density at radius 1 is 1.11 bits per heavy atom. The van der Waals surface area contributed by atoms with E-state index >= 15 is 0 Å². The maximum atomic E-state index is 4.57. The molecule has 3 rings (SSSR count). The standard InChI is InChI=1S/C25H30N2/c1-7-10-19-11-8-12-20(15-19)22-16-21(18(2)3)17-23(25(4,5)6)24(22)27-14-9-13-26-27/h8-9,11-17H,2,7,10H2,1,3-6H3. The average Bonchev–Trinajstić information content (AvgIpc) is 3.14. The lowest BCUT2D eigenvalue weighted by atomic mass is 9.81. The maximum absolute atomic E-state index is 4.57. The van der Waals surface area contributed by atoms with Crippen molar-refractivity contribution in [3.8, 4) is 16.8 Å². The lowest BCUT2D eigenvalue weighted by molar-refractivity contribution is 0.583. The highest BCUT2D eigenvalue weighted by Crippen LogP contribution is 2.38. The molecule has 0 radical (unpaired) electrons. The molecule has 140 valence electrons. The van der Waals surface area contributed by atoms with Crippen LogP contribution in [0.1, 0.15) is 57.7 Å². The van der Waals surface area contributed by atoms with Gasteiger partial charge in [-0.2, -0.15) is 5.10 Å². The van der Waals surface area contributed by atoms with Gasteiger partial charge in [-0.15, -0.1) is 0 Å². The predicted octanol–water partition coefficient (Wildman–Crippen LogP) is 6.82. The predicted molar refractivity (Wildman–Crippen MR) is 116 cm³/mol. The Bertz CT molecular complexity index is 941. The highest BCUT2D eigenvalue weighted by Gasteiger charge is 2.24. The van der Waals surface area contributed by atoms with Gasteiger partial charge in [0.2, 0.25) is 0 Å². The van der Waals surface area contributed by atoms with Crippen LogP contribution in [0.25, 0.3) is 22.4 Å². The molecule has 0 aliphatic carbocycles. The monoisotopic (exact) mass is 358 g/mol. The quantitative estimate of drug-likeness (QED) is 0.489. The fourth-order valence-corrected chi connectivity index (χ4v) is 3.50. The van der Waals surface area contributed by atoms with Gasteiger partial charge in [0, 0.05) is 18.0 Å². The molecule has 0 bridgehead atoms. The van der Waals surface area contributed by atoms with E-state index in [0.29, 0.717) is 0 Å². The molecule has 0 atom stereocenters. The summed E-state index contributed by atoms with van der Waals surface area (Å²) >= 11 is 0. The second-order valence-electron chi connectivity index (χ2n) is 8.35. The minimum atomic E-state index is -0.0114. The van der Waals surface area contributed by atoms with Crippen LogP contribution in [0.5, 0.6) is 0 Å². The summed E-state index contributed by atoms with van der Waals surface area (Å²) in [5.74, 6) is 0. The maximum Gasteiger partial charge on any atom is 0.0761 e. The smallest absolute Gasteiger partial charge is 0.0761 e. The van der Waals surface area contributed by atoms with Crippen molar-refractivity contribution in [2.45, 2.75) is 52.9 Å². The zero-order valence-electron chi connectivity index (χ0n) is 17.2. The van der Waals surface area contributed by atoms with Crippen molar-refractivity contribution >= 4 is 5.57 Å². The summed E-state index contributed by atoms with van der Waals surface area (Å²) in [5, 5.41) is 4.57. The summed E-state index contributed by atoms with van der Waals surface area (Å²) in [6, 6.07) is 15.4. The first kappa shape index (κ1) is 19.2. The van der Waals surface area contributed by atoms with Crippen LogP contribution in [0.15, 0.2) is 61.4 Å². The SMILES string of the molecule is C=C(C)c1cc(-c2cccc(CCC)c2)c(-n2cccn2)c(C(C)(C)C)c1. The molecule has 1 heterocycles. The van der Waals surface area contributed by atoms with Gasteiger partial charge in [0.15, 0.2) is 0 Å². The van der Waals surface area contributed by atoms with Crippen molar-refractivity contribution in [2.24, 2.45) is 0 Å². The normalized spacial score (nSPS) is 11.6. The van der Waals surface area contributed by atoms with Crippen molar-refractivity contribution in [1.29, 1.82) is 0 Å². The van der Waals surface area contributed by atoms with Crippen molar-refractivity contribution in [1.82, 2.24) is 9.78 Å². The lowest BCUT2D eigenvalue weighted by Crippen LogP contribution is -2.17. The number of hydrogen-bond acceptors (Lipinski definition) is 1. The highest BCUT2D eigenvalue weighted by molar-refractivity contribution is 5.80. The lowest BCUT2D eigenvalue weighted by Gasteiger charge is -2.26. The van der Waals surface area contributed by atoms with E-state index in [1.54, 1.807) is 0 Å². The molecule has 27 heavy (non-hydrogen) atoms. The van der Waals surface area contributed by atoms with Crippen LogP contribution in [0, 0.1) is 0 Å². The largest absolute Gasteiger partial charge is 0.240 e. The highest BCUT2D eigenvalue weighted by atomic mass is 15.3. The molecule has 1 aromatic heterocycles. The summed E-state index contributed by atoms with van der Waals surface area (Å²) in [6.07, 6.45) is 6.12. The molecule has 0 N–H and O–H groups in total. The molecule has 0 saturated carbocycles. The molecule has 3 aromatic rings. The minimum absolute atomic E-state index is 0.0114. The third kappa shape index (κ3) is 4.05. The average molecular weight is 359 g/mol. The Morgan fingerprint density at radius 2 is 1.89 bits per heavy atom. The van der Waals surface area contributed by atoms with Gasteiger partial charge in [-0.25, -0.2) is 4.68 Å². The molecule has 2 aromatic carbocycles. The second kappa shape index (κ2) is 7.56. The van der Waals surface area contributed by atoms with Gasteiger partial charge in [-0.1, -0.05) is 70.5 Å². The fraction of sp³-hybridized carbons (Fsp3) is 0.320. The Morgan fingerprint density at radius 3 is 2.48 bits per heavy atom. The third-order valence-corrected chi connectivity index (χ3v) is 4.92. The molecular weight excluding hydrogens is 328 g/mol. The molecule has 0 amide bonds. The number of benzene rings is 2. The van der Waals surface area contributed by atoms with Gasteiger partial charge in [0.1, 0.15) is 0 Å². The first-order valence-electron chi connectivity index (χ1n) is 9.75. The Balaban J connectivity index is 2.36. The summed E-state index contributed by atoms with van der Waals surface area (Å²) in [6.45, 7) is 15.3. The molecule has 0 unspecified atom stereocenters. The third-order valence-electron chi connectivity index (χ3n) is 4.92. The zero-order valence-corrected chi connectivity index (χ0v) is 17.2. The second-order valence-corrected chi connectivity index (χ2v) is 8.35. The van der Waals surface area contributed by atoms with E-state index < -0.39 is 0 Å². The van der Waals surface area contributed by atoms with Crippen molar-refractivity contribution in [2.75, 3.05) is 0 Å². The van der Waals surface area contributed by atoms with Crippen LogP contribution >= 0.6 is 0 Å². The molecular formula is C25H30N2. The van der Waals surface area contributed by atoms with Gasteiger partial charge in [-0.05, 0) is 59.2 Å². The molecule has 2 nitrogen and oxygen atoms in total. The van der Waals surface area contributed by atoms with Crippen molar-refractivity contribution in [3.05, 3.63) is 78.1 Å². The molecule has 0 aliphatic rings. The van der Waals surface area contributed by atoms with E-state index in [4.69, 9.17) is 0 Å². The van der Waals surface area contributed by atoms with E-state index in [-0.39, 0.29) is 5.41 Å². The fourth-order valence-electron chi connectivity index (χ4n) is 3.50. The number of aromatic nitrogens is 2. The van der Waals surface area contributed by atoms with Crippen LogP contribution < -0.4 is 0 Å². The Hall–Kier alpha value is -2.61. The number of nitrogens with zero attached hydrogens (tertiary/aromatic N) is 2. The van der Waals surface area contributed by atoms with Gasteiger partial charge < -0.3 is 0 Å². The molecule has 0 aliphatic heterocycles. The Kier molecular flexibility index (Phi) is 5.36. The molecule has 0 spiro atoms. The van der Waals surface area contributed by atoms with E-state index in [2.05, 4.69) is 82.7 Å². The van der Waals surface area contributed by atoms with Crippen LogP contribution in [0.2, 0.25) is 0 Å². The van der Waals surface area contributed by atoms with Crippen LogP contribution in [-0.4, -0.2) is 9.78 Å². The van der Waals surface area contributed by atoms with Gasteiger partial charge >= 0.3 is 0 Å². The minimum Gasteiger partial charge on any atom is -0.240 e. The zero-order chi connectivity index (χ0) is 19.6. The van der Waals surface area contributed by atoms with Crippen molar-refractivity contribution < 1.29 is 0 Å².